The van der Waals surface area contributed by atoms with Crippen LogP contribution in [0.15, 0.2) is 467 Å². The second-order valence-electron chi connectivity index (χ2n) is 34.9. The Morgan fingerprint density at radius 1 is 0.175 bits per heavy atom. The Labute approximate surface area is 820 Å². The van der Waals surface area contributed by atoms with Gasteiger partial charge in [0.05, 0.1) is 79.9 Å². The molecule has 27 rings (SSSR count). The Hall–Kier alpha value is -20.3. The van der Waals surface area contributed by atoms with Gasteiger partial charge in [-0.3, -0.25) is 9.13 Å². The van der Waals surface area contributed by atoms with Crippen LogP contribution in [0.4, 0.5) is 11.4 Å². The highest BCUT2D eigenvalue weighted by molar-refractivity contribution is 6.16. The predicted molar refractivity (Wildman–Crippen MR) is 577 cm³/mol. The molecule has 0 aliphatic rings. The Morgan fingerprint density at radius 2 is 0.420 bits per heavy atom. The van der Waals surface area contributed by atoms with Crippen LogP contribution >= 0.6 is 0 Å². The maximum absolute atomic E-state index is 9.89. The van der Waals surface area contributed by atoms with Gasteiger partial charge in [0, 0.05) is 99.1 Å². The number of fused-ring (bicyclic) bond motifs is 15. The molecule has 0 aliphatic heterocycles. The summed E-state index contributed by atoms with van der Waals surface area (Å²) in [5.74, 6) is 5.17. The van der Waals surface area contributed by atoms with Gasteiger partial charge in [-0.1, -0.05) is 352 Å². The molecule has 0 amide bonds. The monoisotopic (exact) mass is 1830 g/mol. The van der Waals surface area contributed by atoms with Crippen LogP contribution in [-0.4, -0.2) is 67.7 Å². The van der Waals surface area contributed by atoms with Crippen LogP contribution in [0.5, 0.6) is 0 Å². The first-order chi connectivity index (χ1) is 70.7. The van der Waals surface area contributed by atoms with Gasteiger partial charge in [0.1, 0.15) is 0 Å². The summed E-state index contributed by atoms with van der Waals surface area (Å²) in [7, 11) is 0. The van der Waals surface area contributed by atoms with E-state index in [1.165, 1.54) is 21.5 Å². The fourth-order valence-corrected chi connectivity index (χ4v) is 19.8. The van der Waals surface area contributed by atoms with Gasteiger partial charge < -0.3 is 13.7 Å². The summed E-state index contributed by atoms with van der Waals surface area (Å²) < 4.78 is 11.0. The molecule has 17 heteroatoms. The van der Waals surface area contributed by atoms with E-state index in [2.05, 4.69) is 293 Å². The van der Waals surface area contributed by atoms with Crippen LogP contribution in [0.2, 0.25) is 0 Å². The number of hydrogen-bond acceptors (Lipinski definition) is 10. The van der Waals surface area contributed by atoms with E-state index in [0.29, 0.717) is 69.6 Å². The van der Waals surface area contributed by atoms with Crippen molar-refractivity contribution < 1.29 is 0 Å². The van der Waals surface area contributed by atoms with Gasteiger partial charge in [0.15, 0.2) is 52.1 Å². The van der Waals surface area contributed by atoms with Crippen LogP contribution in [0.25, 0.3) is 250 Å². The SMILES string of the molecule is N#Cc1ccc2c3cc(-n4c5ccccc5c5ccccc54)ccc3n(-c3nc(-c4ccccc4)nc(-c4ccccc4)n3)c2c1.[C-]#[N+]c1ccc2c(c1)c1cc(-n3c4ccccc4c4ccccc43)ccc1n2-c1nc(-c2ccccc2)nc(-c2ccccc2)n1.[C-]#[N+]c1ccc2c(c1)c1ccccc1n2-c1cccc(-c2nc(-c3ccc(-c4ccccc4)cc3)nc(-c3ccc(-c4ccccc4)cc3)n2)c1. The van der Waals surface area contributed by atoms with E-state index < -0.39 is 0 Å². The van der Waals surface area contributed by atoms with Crippen molar-refractivity contribution in [3.63, 3.8) is 0 Å². The van der Waals surface area contributed by atoms with E-state index in [1.54, 1.807) is 0 Å². The number of nitrogens with zero attached hydrogens (tertiary/aromatic N) is 17. The molecule has 27 aromatic rings. The molecule has 0 saturated heterocycles. The lowest BCUT2D eigenvalue weighted by atomic mass is 10.0. The molecule has 19 aromatic carbocycles. The summed E-state index contributed by atoms with van der Waals surface area (Å²) in [5.41, 5.74) is 26.1. The average molecular weight is 1830 g/mol. The lowest BCUT2D eigenvalue weighted by Crippen LogP contribution is -2.06. The first-order valence-electron chi connectivity index (χ1n) is 47.0. The van der Waals surface area contributed by atoms with E-state index in [1.807, 2.05) is 212 Å². The van der Waals surface area contributed by atoms with Crippen LogP contribution in [0.1, 0.15) is 5.56 Å². The van der Waals surface area contributed by atoms with Gasteiger partial charge in [-0.25, -0.2) is 34.6 Å². The summed E-state index contributed by atoms with van der Waals surface area (Å²) in [5, 5.41) is 20.9. The van der Waals surface area contributed by atoms with E-state index >= 15 is 0 Å². The largest absolute Gasteiger partial charge is 0.309 e. The normalized spacial score (nSPS) is 11.3. The molecule has 0 saturated carbocycles. The van der Waals surface area contributed by atoms with E-state index in [-0.39, 0.29) is 0 Å². The van der Waals surface area contributed by atoms with Crippen molar-refractivity contribution in [2.45, 2.75) is 0 Å². The third-order valence-corrected chi connectivity index (χ3v) is 26.5. The van der Waals surface area contributed by atoms with Crippen LogP contribution in [0, 0.1) is 24.5 Å². The van der Waals surface area contributed by atoms with Crippen LogP contribution < -0.4 is 0 Å². The second-order valence-corrected chi connectivity index (χ2v) is 34.9. The minimum Gasteiger partial charge on any atom is -0.309 e. The Bertz CT molecular complexity index is 9470. The summed E-state index contributed by atoms with van der Waals surface area (Å²) in [4.78, 5) is 52.6. The Morgan fingerprint density at radius 3 is 0.783 bits per heavy atom. The third-order valence-electron chi connectivity index (χ3n) is 26.5. The van der Waals surface area contributed by atoms with Crippen molar-refractivity contribution in [1.82, 2.24) is 67.7 Å². The van der Waals surface area contributed by atoms with E-state index in [0.717, 1.165) is 166 Å². The first kappa shape index (κ1) is 84.4. The van der Waals surface area contributed by atoms with Crippen molar-refractivity contribution in [3.8, 4) is 137 Å². The molecule has 0 N–H and O–H groups in total. The van der Waals surface area contributed by atoms with Crippen molar-refractivity contribution in [3.05, 3.63) is 496 Å². The molecule has 0 atom stereocenters. The molecular formula is C126H77N17. The molecule has 0 bridgehead atoms. The zero-order valence-corrected chi connectivity index (χ0v) is 76.6. The molecule has 8 heterocycles. The van der Waals surface area contributed by atoms with Crippen molar-refractivity contribution in [2.24, 2.45) is 0 Å². The molecule has 17 nitrogen and oxygen atoms in total. The molecular weight excluding hydrogens is 1750 g/mol. The molecule has 143 heavy (non-hydrogen) atoms. The maximum atomic E-state index is 9.89. The average Bonchev–Trinajstić information content (AvgIpc) is 1.57. The van der Waals surface area contributed by atoms with E-state index in [4.69, 9.17) is 58.0 Å². The standard InChI is InChI=1S/C46H29N5.2C40H24N6/c1-47-38-27-28-43-41(30-38)40-17-8-9-18-42(40)51(43)39-16-10-15-37(29-39)46-49-44(35-23-19-33(20-24-35)31-11-4-2-5-12-31)48-45(50-46)36-25-21-34(22-26-36)32-13-6-3-7-14-32;1-41-28-20-22-36-32(24-28)33-25-29(45-34-18-10-8-16-30(34)31-17-9-11-19-35(31)45)21-23-37(33)46(36)40-43-38(26-12-4-2-5-13-26)42-39(44-40)27-14-6-3-7-15-27;41-25-26-19-21-32-33-24-29(45-34-17-9-7-15-30(34)31-16-8-10-18-35(31)45)20-22-36(33)46(37(32)23-26)40-43-38(27-11-3-1-4-12-27)42-39(44-40)28-13-5-2-6-14-28/h2-30H;2-25H;1-24H. The number of hydrogen-bond donors (Lipinski definition) is 0. The van der Waals surface area contributed by atoms with Crippen LogP contribution in [0.3, 0.4) is 0 Å². The molecule has 0 spiro atoms. The third kappa shape index (κ3) is 15.5. The number of nitriles is 1. The number of rotatable bonds is 14. The second kappa shape index (κ2) is 36.1. The summed E-state index contributed by atoms with van der Waals surface area (Å²) in [6, 6.07) is 161. The fraction of sp³-hybridized carbons (Fsp3) is 0. The molecule has 8 aromatic heterocycles. The summed E-state index contributed by atoms with van der Waals surface area (Å²) >= 11 is 0. The minimum absolute atomic E-state index is 0.493. The van der Waals surface area contributed by atoms with Gasteiger partial charge >= 0.3 is 0 Å². The summed E-state index contributed by atoms with van der Waals surface area (Å²) in [6.07, 6.45) is 0. The maximum Gasteiger partial charge on any atom is 0.238 e. The first-order valence-corrected chi connectivity index (χ1v) is 47.0. The highest BCUT2D eigenvalue weighted by Gasteiger charge is 2.26. The fourth-order valence-electron chi connectivity index (χ4n) is 19.8. The number of aromatic nitrogens is 14. The van der Waals surface area contributed by atoms with E-state index in [9.17, 15) is 5.26 Å². The Kier molecular flexibility index (Phi) is 21.3. The molecule has 0 unspecified atom stereocenters. The highest BCUT2D eigenvalue weighted by atomic mass is 15.2. The Balaban J connectivity index is 0.000000113. The predicted octanol–water partition coefficient (Wildman–Crippen LogP) is 31.1. The number of para-hydroxylation sites is 5. The lowest BCUT2D eigenvalue weighted by Gasteiger charge is -2.12. The van der Waals surface area contributed by atoms with Gasteiger partial charge in [0.2, 0.25) is 11.9 Å². The zero-order chi connectivity index (χ0) is 95.4. The summed E-state index contributed by atoms with van der Waals surface area (Å²) in [6.45, 7) is 15.3. The zero-order valence-electron chi connectivity index (χ0n) is 76.6. The minimum atomic E-state index is 0.493. The van der Waals surface area contributed by atoms with Crippen LogP contribution in [-0.2, 0) is 0 Å². The van der Waals surface area contributed by atoms with Gasteiger partial charge in [0.25, 0.3) is 0 Å². The quantitative estimate of drug-likeness (QED) is 0.0954. The van der Waals surface area contributed by atoms with Gasteiger partial charge in [-0.05, 0) is 148 Å². The van der Waals surface area contributed by atoms with Gasteiger partial charge in [-0.2, -0.15) is 25.2 Å². The van der Waals surface area contributed by atoms with Crippen molar-refractivity contribution in [2.75, 3.05) is 0 Å². The van der Waals surface area contributed by atoms with Crippen molar-refractivity contribution in [1.29, 1.82) is 5.26 Å². The lowest BCUT2D eigenvalue weighted by molar-refractivity contribution is 0.953. The molecule has 666 valence electrons. The topological polar surface area (TPSA) is 173 Å². The van der Waals surface area contributed by atoms with Crippen molar-refractivity contribution >= 4 is 120 Å². The molecule has 0 fully saturated rings. The van der Waals surface area contributed by atoms with Gasteiger partial charge in [-0.15, -0.1) is 0 Å². The molecule has 0 radical (unpaired) electrons. The smallest absolute Gasteiger partial charge is 0.238 e. The molecule has 0 aliphatic carbocycles. The number of benzene rings is 19. The highest BCUT2D eigenvalue weighted by Crippen LogP contribution is 2.44.